The van der Waals surface area contributed by atoms with Crippen molar-refractivity contribution in [2.24, 2.45) is 0 Å². The molecule has 366 valence electrons. The van der Waals surface area contributed by atoms with Gasteiger partial charge in [-0.25, -0.2) is 0 Å². The van der Waals surface area contributed by atoms with Crippen LogP contribution in [0.5, 0.6) is 0 Å². The summed E-state index contributed by atoms with van der Waals surface area (Å²) in [5.41, 5.74) is 0. The molecule has 0 unspecified atom stereocenters. The van der Waals surface area contributed by atoms with Gasteiger partial charge in [0.2, 0.25) is 0 Å². The van der Waals surface area contributed by atoms with Gasteiger partial charge >= 0.3 is 106 Å². The zero-order valence-corrected chi connectivity index (χ0v) is 98.1. The minimum absolute atomic E-state index is 1.21. The minimum atomic E-state index is 1.21. The summed E-state index contributed by atoms with van der Waals surface area (Å²) in [6.45, 7) is 1.21. The Morgan fingerprint density at radius 2 is 0.178 bits per heavy atom. The van der Waals surface area contributed by atoms with E-state index in [9.17, 15) is 0 Å². The standard InChI is InChI=1S/HP73/c1-3-5-7-9-11-13-15-17-19-21-23-25-27-29-31-33-35-37-39-41-43-45-47-49-51-53-55-57-59-61-63-65-67-69-71-73-72-70-68-66-64-62-60-58-56-54-52-50-48-46-44-42-40-38-36-34-32-30-28-26-24-22-20-18-16-14-12-10-8-6-4-2/h1H. The first-order valence-electron chi connectivity index (χ1n) is 14.4. The molecule has 0 rings (SSSR count). The van der Waals surface area contributed by atoms with Crippen molar-refractivity contribution in [1.82, 2.24) is 0 Å². The molecule has 73 heavy (non-hydrogen) atoms. The van der Waals surface area contributed by atoms with E-state index in [0.717, 1.165) is 0 Å². The Kier molecular flexibility index (Phi) is 123. The Bertz CT molecular complexity index is 2630. The molecule has 0 fully saturated rings. The summed E-state index contributed by atoms with van der Waals surface area (Å²) in [6.07, 6.45) is 0. The molecule has 0 atom stereocenters. The summed E-state index contributed by atoms with van der Waals surface area (Å²) >= 11 is 0. The van der Waals surface area contributed by atoms with Crippen LogP contribution < -0.4 is 0 Å². The topological polar surface area (TPSA) is 0 Å². The summed E-state index contributed by atoms with van der Waals surface area (Å²) in [4.78, 5) is 0. The van der Waals surface area contributed by atoms with E-state index in [0.29, 0.717) is 0 Å². The Labute approximate surface area is 543 Å². The van der Waals surface area contributed by atoms with Crippen LogP contribution in [0.1, 0.15) is 0 Å². The van der Waals surface area contributed by atoms with Crippen LogP contribution in [0.15, 0.2) is 0 Å². The second-order valence-corrected chi connectivity index (χ2v) is 172. The van der Waals surface area contributed by atoms with Crippen LogP contribution in [0, 0.1) is 0 Å². The zero-order valence-electron chi connectivity index (χ0n) is 32.7. The molecule has 0 aliphatic carbocycles. The molecule has 0 radical (unpaired) electrons. The van der Waals surface area contributed by atoms with Gasteiger partial charge in [0.05, 0.1) is 0 Å². The quantitative estimate of drug-likeness (QED) is 0.0555. The van der Waals surface area contributed by atoms with Gasteiger partial charge in [0.25, 0.3) is 0 Å². The van der Waals surface area contributed by atoms with E-state index in [-0.39, 0.29) is 0 Å². The molecule has 0 bridgehead atoms. The van der Waals surface area contributed by atoms with Gasteiger partial charge in [-0.15, -0.1) is 0 Å². The zero-order chi connectivity index (χ0) is 52.2. The molecule has 0 saturated carbocycles. The van der Waals surface area contributed by atoms with Crippen molar-refractivity contribution in [2.75, 3.05) is 0 Å². The summed E-state index contributed by atoms with van der Waals surface area (Å²) in [5, 5.41) is 0. The van der Waals surface area contributed by atoms with Crippen LogP contribution >= 0.6 is 553 Å². The summed E-state index contributed by atoms with van der Waals surface area (Å²) in [5.74, 6) is 0. The number of hydrogen-bond acceptors (Lipinski definition) is 0. The van der Waals surface area contributed by atoms with Crippen molar-refractivity contribution in [2.45, 2.75) is 0 Å². The first-order valence-corrected chi connectivity index (χ1v) is 130. The number of hydrogen-bond donors (Lipinski definition) is 0. The van der Waals surface area contributed by atoms with Gasteiger partial charge in [-0.3, -0.25) is 0 Å². The smallest absolute Gasteiger partial charge is 0.0835 e. The summed E-state index contributed by atoms with van der Waals surface area (Å²) in [6, 6.07) is 0. The third-order valence-corrected chi connectivity index (χ3v) is 227. The Morgan fingerprint density at radius 1 is 0.110 bits per heavy atom. The van der Waals surface area contributed by atoms with Crippen LogP contribution in [0.25, 0.3) is 0 Å². The fourth-order valence-corrected chi connectivity index (χ4v) is 300. The third kappa shape index (κ3) is 94.2. The van der Waals surface area contributed by atoms with E-state index in [1.807, 2.05) is 0 Å². The summed E-state index contributed by atoms with van der Waals surface area (Å²) in [7, 11) is 119. The van der Waals surface area contributed by atoms with Gasteiger partial charge < -0.3 is 0 Å². The van der Waals surface area contributed by atoms with E-state index in [1.54, 1.807) is 491 Å². The van der Waals surface area contributed by atoms with Gasteiger partial charge in [0.15, 0.2) is 0 Å². The Morgan fingerprint density at radius 3 is 0.247 bits per heavy atom. The second kappa shape index (κ2) is 94.2. The van der Waals surface area contributed by atoms with Gasteiger partial charge in [-0.1, -0.05) is 8.53 Å². The van der Waals surface area contributed by atoms with Crippen molar-refractivity contribution < 1.29 is 0 Å². The molecule has 0 aliphatic rings. The predicted molar refractivity (Wildman–Crippen MR) is 507 cm³/mol. The second-order valence-electron chi connectivity index (χ2n) is 6.36. The molecule has 0 N–H and O–H groups in total. The Hall–Kier alpha value is 22.2. The molecular weight excluding hydrogens is 2260 g/mol. The van der Waals surface area contributed by atoms with E-state index < -0.39 is 0 Å². The van der Waals surface area contributed by atoms with Crippen molar-refractivity contribution >= 4 is 553 Å². The average Bonchev–Trinajstić information content (AvgIpc) is 3.40. The fraction of sp³-hybridized carbons (Fsp3) is 0. The minimum Gasteiger partial charge on any atom is -0.0835 e. The normalized spacial score (nSPS) is 15.5. The van der Waals surface area contributed by atoms with Crippen molar-refractivity contribution in [3.05, 3.63) is 0 Å². The van der Waals surface area contributed by atoms with Crippen LogP contribution in [0.3, 0.4) is 0 Å². The molecule has 0 aliphatic heterocycles. The SMILES string of the molecule is P#P=PP=PP=PP=PP=PP=PP=PP=PP=PP=PP=PP=PP=PP=PP=PP=PP=PP=PP=PP=PP=PP=PP=PP=PP=PP=PP=PP=PP=PP=PP=PP=PP=PP=PP=PP=P. The predicted octanol–water partition coefficient (Wildman–Crippen LogP) is 62.6. The molecule has 0 aromatic rings. The van der Waals surface area contributed by atoms with Crippen molar-refractivity contribution in [3.63, 3.8) is 0 Å². The van der Waals surface area contributed by atoms with Crippen LogP contribution in [-0.2, 0) is 0 Å². The maximum absolute atomic E-state index is 4.24. The van der Waals surface area contributed by atoms with E-state index in [2.05, 4.69) is 16.9 Å². The molecular formula is HP73. The van der Waals surface area contributed by atoms with E-state index in [4.69, 9.17) is 0 Å². The van der Waals surface area contributed by atoms with Crippen molar-refractivity contribution in [3.8, 4) is 0 Å². The molecule has 0 spiro atoms. The molecule has 0 saturated heterocycles. The van der Waals surface area contributed by atoms with Crippen LogP contribution in [0.2, 0.25) is 0 Å². The van der Waals surface area contributed by atoms with E-state index in [1.165, 1.54) is 44.8 Å². The van der Waals surface area contributed by atoms with Gasteiger partial charge in [-0.05, 0) is 60.4 Å². The van der Waals surface area contributed by atoms with Gasteiger partial charge in [0.1, 0.15) is 0 Å². The molecule has 0 heterocycles. The maximum atomic E-state index is 4.24. The first-order chi connectivity index (χ1) is 36.4. The molecule has 0 aromatic carbocycles. The van der Waals surface area contributed by atoms with Crippen molar-refractivity contribution in [1.29, 1.82) is 0 Å². The van der Waals surface area contributed by atoms with Gasteiger partial charge in [0, 0.05) is 378 Å². The first kappa shape index (κ1) is 95.2. The van der Waals surface area contributed by atoms with Crippen LogP contribution in [-0.4, -0.2) is 0 Å². The molecule has 0 nitrogen and oxygen atoms in total. The van der Waals surface area contributed by atoms with E-state index >= 15 is 0 Å². The molecule has 0 aromatic heterocycles. The molecule has 0 amide bonds. The average molecular weight is 2260 g/mol. The Balaban J connectivity index is 4.10. The third-order valence-electron chi connectivity index (χ3n) is 2.80. The molecule has 73 heteroatoms. The number of rotatable bonds is 35. The summed E-state index contributed by atoms with van der Waals surface area (Å²) < 4.78 is 0. The fourth-order valence-electron chi connectivity index (χ4n) is 1.24. The van der Waals surface area contributed by atoms with Crippen LogP contribution in [0.4, 0.5) is 0 Å². The monoisotopic (exact) mass is 2260 g/mol. The van der Waals surface area contributed by atoms with Gasteiger partial charge in [-0.2, -0.15) is 0 Å².